The second-order valence-corrected chi connectivity index (χ2v) is 5.83. The van der Waals surface area contributed by atoms with Crippen LogP contribution in [0.2, 0.25) is 0 Å². The summed E-state index contributed by atoms with van der Waals surface area (Å²) in [6.45, 7) is 5.63. The molecule has 0 saturated heterocycles. The maximum atomic E-state index is 12.8. The van der Waals surface area contributed by atoms with Crippen LogP contribution in [-0.2, 0) is 24.3 Å². The van der Waals surface area contributed by atoms with E-state index in [4.69, 9.17) is 4.74 Å². The Kier molecular flexibility index (Phi) is 4.38. The molecule has 1 aliphatic heterocycles. The molecule has 0 radical (unpaired) electrons. The first-order valence-corrected chi connectivity index (χ1v) is 7.74. The molecule has 0 fully saturated rings. The average Bonchev–Trinajstić information content (AvgIpc) is 2.81. The van der Waals surface area contributed by atoms with Gasteiger partial charge in [-0.1, -0.05) is 6.07 Å². The predicted molar refractivity (Wildman–Crippen MR) is 83.9 cm³/mol. The third kappa shape index (κ3) is 3.10. The molecule has 1 amide bonds. The Morgan fingerprint density at radius 3 is 2.91 bits per heavy atom. The van der Waals surface area contributed by atoms with E-state index in [1.54, 1.807) is 13.2 Å². The summed E-state index contributed by atoms with van der Waals surface area (Å²) in [5.41, 5.74) is 1.34. The van der Waals surface area contributed by atoms with Crippen LogP contribution in [0.1, 0.15) is 34.8 Å². The lowest BCUT2D eigenvalue weighted by molar-refractivity contribution is 0.0688. The Labute approximate surface area is 135 Å². The molecule has 3 rings (SSSR count). The zero-order valence-electron chi connectivity index (χ0n) is 13.7. The summed E-state index contributed by atoms with van der Waals surface area (Å²) in [5, 5.41) is 8.42. The number of ether oxygens (including phenoxy) is 1. The van der Waals surface area contributed by atoms with Gasteiger partial charge in [-0.2, -0.15) is 0 Å². The second-order valence-electron chi connectivity index (χ2n) is 5.83. The van der Waals surface area contributed by atoms with Crippen molar-refractivity contribution in [1.29, 1.82) is 0 Å². The number of carbonyl (C=O) groups is 1. The minimum absolute atomic E-state index is 0.0341. The third-order valence-electron chi connectivity index (χ3n) is 4.12. The number of carbonyl (C=O) groups excluding carboxylic acids is 1. The Morgan fingerprint density at radius 2 is 2.17 bits per heavy atom. The average molecular weight is 315 g/mol. The zero-order valence-corrected chi connectivity index (χ0v) is 13.7. The fourth-order valence-corrected chi connectivity index (χ4v) is 2.93. The van der Waals surface area contributed by atoms with Crippen molar-refractivity contribution in [2.75, 3.05) is 13.7 Å². The number of rotatable bonds is 3. The monoisotopic (exact) mass is 315 g/mol. The largest absolute Gasteiger partial charge is 0.377 e. The van der Waals surface area contributed by atoms with Gasteiger partial charge >= 0.3 is 0 Å². The first-order valence-electron chi connectivity index (χ1n) is 7.74. The number of hydrogen-bond acceptors (Lipinski definition) is 5. The fraction of sp³-hybridized carbons (Fsp3) is 0.500. The molecule has 1 aliphatic rings. The summed E-state index contributed by atoms with van der Waals surface area (Å²) >= 11 is 0. The van der Waals surface area contributed by atoms with Crippen molar-refractivity contribution < 1.29 is 9.53 Å². The highest BCUT2D eigenvalue weighted by Crippen LogP contribution is 2.17. The normalized spacial score (nSPS) is 17.7. The molecule has 0 aromatic carbocycles. The number of methoxy groups -OCH3 is 1. The Morgan fingerprint density at radius 1 is 1.35 bits per heavy atom. The summed E-state index contributed by atoms with van der Waals surface area (Å²) < 4.78 is 7.22. The van der Waals surface area contributed by atoms with Crippen LogP contribution in [0.15, 0.2) is 18.2 Å². The molecule has 0 aliphatic carbocycles. The first kappa shape index (κ1) is 15.6. The Bertz CT molecular complexity index is 712. The maximum Gasteiger partial charge on any atom is 0.272 e. The number of amides is 1. The number of fused-ring (bicyclic) bond motifs is 1. The molecule has 0 N–H and O–H groups in total. The van der Waals surface area contributed by atoms with Gasteiger partial charge in [0.05, 0.1) is 0 Å². The van der Waals surface area contributed by atoms with Gasteiger partial charge in [-0.15, -0.1) is 10.2 Å². The number of aryl methyl sites for hydroxylation is 1. The minimum atomic E-state index is -0.0341. The first-order chi connectivity index (χ1) is 11.1. The molecular formula is C16H21N5O2. The zero-order chi connectivity index (χ0) is 16.4. The quantitative estimate of drug-likeness (QED) is 0.851. The minimum Gasteiger partial charge on any atom is -0.377 e. The van der Waals surface area contributed by atoms with Crippen molar-refractivity contribution in [1.82, 2.24) is 24.6 Å². The van der Waals surface area contributed by atoms with Crippen LogP contribution in [0.4, 0.5) is 0 Å². The number of nitrogens with zero attached hydrogens (tertiary/aromatic N) is 5. The molecule has 0 saturated carbocycles. The summed E-state index contributed by atoms with van der Waals surface area (Å²) in [6.07, 6.45) is 0.675. The molecule has 122 valence electrons. The van der Waals surface area contributed by atoms with Crippen LogP contribution in [0.5, 0.6) is 0 Å². The maximum absolute atomic E-state index is 12.8. The molecule has 0 bridgehead atoms. The molecular weight excluding hydrogens is 294 g/mol. The van der Waals surface area contributed by atoms with Crippen molar-refractivity contribution in [3.8, 4) is 0 Å². The van der Waals surface area contributed by atoms with Gasteiger partial charge in [0, 0.05) is 38.4 Å². The van der Waals surface area contributed by atoms with E-state index in [9.17, 15) is 4.79 Å². The SMILES string of the molecule is COCc1nnc2n1CCN(C(=O)c1cccc(C)n1)[C@H](C)C2. The number of hydrogen-bond donors (Lipinski definition) is 0. The standard InChI is InChI=1S/C16H21N5O2/c1-11-5-4-6-13(17-11)16(22)20-7-8-21-14(9-12(20)2)18-19-15(21)10-23-3/h4-6,12H,7-10H2,1-3H3/t12-/m1/s1. The fourth-order valence-electron chi connectivity index (χ4n) is 2.93. The van der Waals surface area contributed by atoms with E-state index >= 15 is 0 Å². The van der Waals surface area contributed by atoms with E-state index in [0.717, 1.165) is 17.3 Å². The molecule has 1 atom stereocenters. The molecule has 0 spiro atoms. The smallest absolute Gasteiger partial charge is 0.272 e. The summed E-state index contributed by atoms with van der Waals surface area (Å²) in [7, 11) is 1.64. The molecule has 23 heavy (non-hydrogen) atoms. The van der Waals surface area contributed by atoms with Gasteiger partial charge in [0.25, 0.3) is 5.91 Å². The molecule has 7 nitrogen and oxygen atoms in total. The van der Waals surface area contributed by atoms with E-state index < -0.39 is 0 Å². The van der Waals surface area contributed by atoms with E-state index in [-0.39, 0.29) is 11.9 Å². The van der Waals surface area contributed by atoms with Gasteiger partial charge in [0.1, 0.15) is 18.1 Å². The molecule has 3 heterocycles. The van der Waals surface area contributed by atoms with Crippen molar-refractivity contribution in [2.24, 2.45) is 0 Å². The van der Waals surface area contributed by atoms with Crippen LogP contribution in [-0.4, -0.2) is 50.3 Å². The van der Waals surface area contributed by atoms with E-state index in [2.05, 4.69) is 19.7 Å². The highest BCUT2D eigenvalue weighted by atomic mass is 16.5. The van der Waals surface area contributed by atoms with Crippen molar-refractivity contribution in [3.63, 3.8) is 0 Å². The molecule has 2 aromatic heterocycles. The Hall–Kier alpha value is -2.28. The van der Waals surface area contributed by atoms with Crippen molar-refractivity contribution >= 4 is 5.91 Å². The highest BCUT2D eigenvalue weighted by molar-refractivity contribution is 5.92. The second kappa shape index (κ2) is 6.45. The lowest BCUT2D eigenvalue weighted by atomic mass is 10.2. The predicted octanol–water partition coefficient (Wildman–Crippen LogP) is 1.21. The van der Waals surface area contributed by atoms with Gasteiger partial charge in [-0.3, -0.25) is 4.79 Å². The number of pyridine rings is 1. The lowest BCUT2D eigenvalue weighted by Gasteiger charge is -2.26. The number of aromatic nitrogens is 4. The van der Waals surface area contributed by atoms with Crippen LogP contribution in [0.25, 0.3) is 0 Å². The summed E-state index contributed by atoms with van der Waals surface area (Å²) in [4.78, 5) is 19.0. The van der Waals surface area contributed by atoms with E-state index in [0.29, 0.717) is 31.8 Å². The van der Waals surface area contributed by atoms with Crippen LogP contribution >= 0.6 is 0 Å². The Balaban J connectivity index is 1.82. The van der Waals surface area contributed by atoms with E-state index in [1.165, 1.54) is 0 Å². The van der Waals surface area contributed by atoms with Crippen molar-refractivity contribution in [3.05, 3.63) is 41.2 Å². The topological polar surface area (TPSA) is 73.1 Å². The van der Waals surface area contributed by atoms with E-state index in [1.807, 2.05) is 30.9 Å². The third-order valence-corrected chi connectivity index (χ3v) is 4.12. The van der Waals surface area contributed by atoms with Gasteiger partial charge in [0.15, 0.2) is 5.82 Å². The van der Waals surface area contributed by atoms with Gasteiger partial charge in [0.2, 0.25) is 0 Å². The van der Waals surface area contributed by atoms with Gasteiger partial charge in [-0.05, 0) is 26.0 Å². The van der Waals surface area contributed by atoms with Crippen LogP contribution < -0.4 is 0 Å². The highest BCUT2D eigenvalue weighted by Gasteiger charge is 2.28. The summed E-state index contributed by atoms with van der Waals surface area (Å²) in [5.74, 6) is 1.67. The van der Waals surface area contributed by atoms with Crippen LogP contribution in [0.3, 0.4) is 0 Å². The van der Waals surface area contributed by atoms with Crippen LogP contribution in [0, 0.1) is 6.92 Å². The van der Waals surface area contributed by atoms with Crippen molar-refractivity contribution in [2.45, 2.75) is 39.5 Å². The molecule has 2 aromatic rings. The van der Waals surface area contributed by atoms with Gasteiger partial charge < -0.3 is 14.2 Å². The summed E-state index contributed by atoms with van der Waals surface area (Å²) in [6, 6.07) is 5.57. The molecule has 7 heteroatoms. The lowest BCUT2D eigenvalue weighted by Crippen LogP contribution is -2.40. The molecule has 0 unspecified atom stereocenters. The van der Waals surface area contributed by atoms with Gasteiger partial charge in [-0.25, -0.2) is 4.98 Å².